The van der Waals surface area contributed by atoms with Gasteiger partial charge in [-0.25, -0.2) is 0 Å². The number of rotatable bonds is 4. The molecule has 22 heavy (non-hydrogen) atoms. The largest absolute Gasteiger partial charge is 0.368 e. The van der Waals surface area contributed by atoms with Crippen molar-refractivity contribution in [2.75, 3.05) is 24.5 Å². The number of anilines is 1. The summed E-state index contributed by atoms with van der Waals surface area (Å²) < 4.78 is 0. The highest BCUT2D eigenvalue weighted by atomic mass is 16.2. The molecule has 1 atom stereocenters. The van der Waals surface area contributed by atoms with Gasteiger partial charge in [0.25, 0.3) is 0 Å². The zero-order chi connectivity index (χ0) is 15.5. The number of benzene rings is 1. The molecule has 4 nitrogen and oxygen atoms in total. The van der Waals surface area contributed by atoms with Gasteiger partial charge in [-0.2, -0.15) is 0 Å². The lowest BCUT2D eigenvalue weighted by atomic mass is 10.1. The van der Waals surface area contributed by atoms with E-state index in [1.54, 1.807) is 0 Å². The Morgan fingerprint density at radius 3 is 2.77 bits per heavy atom. The minimum absolute atomic E-state index is 0.283. The molecule has 2 aliphatic heterocycles. The van der Waals surface area contributed by atoms with Crippen molar-refractivity contribution in [2.24, 2.45) is 5.73 Å². The minimum Gasteiger partial charge on any atom is -0.368 e. The maximum atomic E-state index is 12.3. The molecule has 1 aromatic rings. The average molecular weight is 301 g/mol. The number of hydrogen-bond donors (Lipinski definition) is 1. The number of likely N-dealkylation sites (tertiary alicyclic amines) is 1. The Balaban J connectivity index is 1.48. The van der Waals surface area contributed by atoms with E-state index in [1.165, 1.54) is 11.3 Å². The number of para-hydroxylation sites is 1. The summed E-state index contributed by atoms with van der Waals surface area (Å²) >= 11 is 0. The summed E-state index contributed by atoms with van der Waals surface area (Å²) in [5.41, 5.74) is 8.69. The van der Waals surface area contributed by atoms with Crippen molar-refractivity contribution in [1.82, 2.24) is 4.90 Å². The Bertz CT molecular complexity index is 523. The molecule has 0 saturated carbocycles. The number of nitrogens with zero attached hydrogens (tertiary/aromatic N) is 2. The quantitative estimate of drug-likeness (QED) is 0.927. The maximum absolute atomic E-state index is 12.3. The molecule has 0 aromatic heterocycles. The van der Waals surface area contributed by atoms with Crippen LogP contribution in [0.3, 0.4) is 0 Å². The smallest absolute Gasteiger partial charge is 0.222 e. The molecule has 4 heteroatoms. The fraction of sp³-hybridized carbons (Fsp3) is 0.611. The number of hydrogen-bond acceptors (Lipinski definition) is 3. The average Bonchev–Trinajstić information content (AvgIpc) is 2.84. The molecule has 1 amide bonds. The Morgan fingerprint density at radius 2 is 2.00 bits per heavy atom. The lowest BCUT2D eigenvalue weighted by molar-refractivity contribution is -0.132. The van der Waals surface area contributed by atoms with E-state index in [-0.39, 0.29) is 6.04 Å². The molecule has 1 fully saturated rings. The van der Waals surface area contributed by atoms with E-state index in [9.17, 15) is 4.79 Å². The first-order valence-electron chi connectivity index (χ1n) is 8.53. The highest BCUT2D eigenvalue weighted by Crippen LogP contribution is 2.31. The molecule has 2 N–H and O–H groups in total. The third kappa shape index (κ3) is 3.27. The summed E-state index contributed by atoms with van der Waals surface area (Å²) in [5.74, 6) is 0.298. The SMILES string of the molecule is CC1Cc2ccccc2N1CCCC(=O)N1CCC(N)CC1. The van der Waals surface area contributed by atoms with Crippen molar-refractivity contribution < 1.29 is 4.79 Å². The van der Waals surface area contributed by atoms with Crippen LogP contribution < -0.4 is 10.6 Å². The van der Waals surface area contributed by atoms with Crippen molar-refractivity contribution in [2.45, 2.75) is 51.1 Å². The van der Waals surface area contributed by atoms with Gasteiger partial charge in [0.15, 0.2) is 0 Å². The van der Waals surface area contributed by atoms with Gasteiger partial charge in [0.1, 0.15) is 0 Å². The number of nitrogens with two attached hydrogens (primary N) is 1. The van der Waals surface area contributed by atoms with Crippen molar-refractivity contribution >= 4 is 11.6 Å². The summed E-state index contributed by atoms with van der Waals surface area (Å²) in [5, 5.41) is 0. The van der Waals surface area contributed by atoms with Gasteiger partial charge in [-0.3, -0.25) is 4.79 Å². The minimum atomic E-state index is 0.283. The number of piperidine rings is 1. The molecular weight excluding hydrogens is 274 g/mol. The highest BCUT2D eigenvalue weighted by molar-refractivity contribution is 5.76. The molecule has 0 spiro atoms. The number of carbonyl (C=O) groups excluding carboxylic acids is 1. The summed E-state index contributed by atoms with van der Waals surface area (Å²) in [7, 11) is 0. The summed E-state index contributed by atoms with van der Waals surface area (Å²) in [6, 6.07) is 9.46. The first kappa shape index (κ1) is 15.3. The lowest BCUT2D eigenvalue weighted by Crippen LogP contribution is -2.43. The number of fused-ring (bicyclic) bond motifs is 1. The molecule has 1 unspecified atom stereocenters. The Hall–Kier alpha value is -1.55. The van der Waals surface area contributed by atoms with Crippen LogP contribution in [0.1, 0.15) is 38.2 Å². The molecule has 1 aromatic carbocycles. The first-order chi connectivity index (χ1) is 10.6. The van der Waals surface area contributed by atoms with E-state index >= 15 is 0 Å². The summed E-state index contributed by atoms with van der Waals surface area (Å²) in [6.45, 7) is 4.91. The molecule has 2 heterocycles. The summed E-state index contributed by atoms with van der Waals surface area (Å²) in [6.07, 6.45) is 4.60. The van der Waals surface area contributed by atoms with Crippen molar-refractivity contribution in [3.05, 3.63) is 29.8 Å². The van der Waals surface area contributed by atoms with Crippen LogP contribution in [0.2, 0.25) is 0 Å². The zero-order valence-electron chi connectivity index (χ0n) is 13.5. The second-order valence-electron chi connectivity index (χ2n) is 6.70. The summed E-state index contributed by atoms with van der Waals surface area (Å²) in [4.78, 5) is 16.7. The van der Waals surface area contributed by atoms with Crippen LogP contribution >= 0.6 is 0 Å². The first-order valence-corrected chi connectivity index (χ1v) is 8.53. The standard InChI is InChI=1S/C18H27N3O/c1-14-13-15-5-2-3-6-17(15)21(14)10-4-7-18(22)20-11-8-16(19)9-12-20/h2-3,5-6,14,16H,4,7-13,19H2,1H3. The van der Waals surface area contributed by atoms with Crippen LogP contribution in [0.15, 0.2) is 24.3 Å². The van der Waals surface area contributed by atoms with Gasteiger partial charge >= 0.3 is 0 Å². The van der Waals surface area contributed by atoms with E-state index in [0.717, 1.165) is 45.3 Å². The monoisotopic (exact) mass is 301 g/mol. The van der Waals surface area contributed by atoms with E-state index < -0.39 is 0 Å². The van der Waals surface area contributed by atoms with Gasteiger partial charge in [-0.15, -0.1) is 0 Å². The van der Waals surface area contributed by atoms with Gasteiger partial charge in [0, 0.05) is 43.8 Å². The van der Waals surface area contributed by atoms with Crippen molar-refractivity contribution in [3.8, 4) is 0 Å². The van der Waals surface area contributed by atoms with Crippen molar-refractivity contribution in [3.63, 3.8) is 0 Å². The van der Waals surface area contributed by atoms with E-state index in [4.69, 9.17) is 5.73 Å². The second kappa shape index (κ2) is 6.69. The molecule has 0 radical (unpaired) electrons. The van der Waals surface area contributed by atoms with Crippen LogP contribution in [0, 0.1) is 0 Å². The molecule has 120 valence electrons. The fourth-order valence-electron chi connectivity index (χ4n) is 3.68. The second-order valence-corrected chi connectivity index (χ2v) is 6.70. The van der Waals surface area contributed by atoms with Gasteiger partial charge in [0.2, 0.25) is 5.91 Å². The molecule has 2 aliphatic rings. The Morgan fingerprint density at radius 1 is 1.27 bits per heavy atom. The fourth-order valence-corrected chi connectivity index (χ4v) is 3.68. The van der Waals surface area contributed by atoms with Gasteiger partial charge in [0.05, 0.1) is 0 Å². The van der Waals surface area contributed by atoms with E-state index in [2.05, 4.69) is 36.1 Å². The number of carbonyl (C=O) groups is 1. The molecule has 0 aliphatic carbocycles. The highest BCUT2D eigenvalue weighted by Gasteiger charge is 2.25. The normalized spacial score (nSPS) is 22.0. The van der Waals surface area contributed by atoms with Crippen LogP contribution in [0.4, 0.5) is 5.69 Å². The molecule has 1 saturated heterocycles. The van der Waals surface area contributed by atoms with Crippen LogP contribution in [0.25, 0.3) is 0 Å². The topological polar surface area (TPSA) is 49.6 Å². The third-order valence-corrected chi connectivity index (χ3v) is 5.03. The number of amides is 1. The maximum Gasteiger partial charge on any atom is 0.222 e. The van der Waals surface area contributed by atoms with Crippen molar-refractivity contribution in [1.29, 1.82) is 0 Å². The van der Waals surface area contributed by atoms with Crippen LogP contribution in [-0.4, -0.2) is 42.5 Å². The predicted molar refractivity (Wildman–Crippen MR) is 90.0 cm³/mol. The lowest BCUT2D eigenvalue weighted by Gasteiger charge is -2.31. The van der Waals surface area contributed by atoms with Gasteiger partial charge in [-0.05, 0) is 44.2 Å². The van der Waals surface area contributed by atoms with Gasteiger partial charge < -0.3 is 15.5 Å². The van der Waals surface area contributed by atoms with Crippen LogP contribution in [0.5, 0.6) is 0 Å². The third-order valence-electron chi connectivity index (χ3n) is 5.03. The Kier molecular flexibility index (Phi) is 4.67. The van der Waals surface area contributed by atoms with E-state index in [1.807, 2.05) is 4.90 Å². The van der Waals surface area contributed by atoms with E-state index in [0.29, 0.717) is 18.4 Å². The molecule has 0 bridgehead atoms. The van der Waals surface area contributed by atoms with Gasteiger partial charge in [-0.1, -0.05) is 18.2 Å². The molecule has 3 rings (SSSR count). The predicted octanol–water partition coefficient (Wildman–Crippen LogP) is 2.17. The van der Waals surface area contributed by atoms with Crippen LogP contribution in [-0.2, 0) is 11.2 Å². The molecular formula is C18H27N3O. The Labute approximate surface area is 133 Å². The zero-order valence-corrected chi connectivity index (χ0v) is 13.5.